The predicted octanol–water partition coefficient (Wildman–Crippen LogP) is 2.18. The molecule has 1 aromatic rings. The van der Waals surface area contributed by atoms with Gasteiger partial charge < -0.3 is 9.88 Å². The Morgan fingerprint density at radius 3 is 3.07 bits per heavy atom. The SMILES string of the molecule is CCn1cncc1CNCCC1CCC1. The van der Waals surface area contributed by atoms with Crippen LogP contribution in [0.15, 0.2) is 12.5 Å². The van der Waals surface area contributed by atoms with Gasteiger partial charge in [-0.15, -0.1) is 0 Å². The Morgan fingerprint density at radius 2 is 2.40 bits per heavy atom. The average Bonchev–Trinajstić information content (AvgIpc) is 2.62. The number of nitrogens with zero attached hydrogens (tertiary/aromatic N) is 2. The van der Waals surface area contributed by atoms with Gasteiger partial charge in [0, 0.05) is 19.3 Å². The highest BCUT2D eigenvalue weighted by Gasteiger charge is 2.16. The molecule has 0 bridgehead atoms. The second kappa shape index (κ2) is 5.31. The van der Waals surface area contributed by atoms with Crippen LogP contribution in [0.5, 0.6) is 0 Å². The highest BCUT2D eigenvalue weighted by atomic mass is 15.1. The Labute approximate surface area is 91.9 Å². The molecule has 1 N–H and O–H groups in total. The smallest absolute Gasteiger partial charge is 0.0948 e. The van der Waals surface area contributed by atoms with Gasteiger partial charge in [0.15, 0.2) is 0 Å². The minimum absolute atomic E-state index is 0.959. The molecule has 0 amide bonds. The fourth-order valence-electron chi connectivity index (χ4n) is 2.08. The molecule has 1 fully saturated rings. The summed E-state index contributed by atoms with van der Waals surface area (Å²) in [6.07, 6.45) is 9.57. The van der Waals surface area contributed by atoms with Crippen molar-refractivity contribution < 1.29 is 0 Å². The maximum Gasteiger partial charge on any atom is 0.0948 e. The highest BCUT2D eigenvalue weighted by molar-refractivity contribution is 4.97. The van der Waals surface area contributed by atoms with E-state index in [1.165, 1.54) is 31.4 Å². The quantitative estimate of drug-likeness (QED) is 0.725. The van der Waals surface area contributed by atoms with E-state index in [0.29, 0.717) is 0 Å². The molecule has 0 atom stereocenters. The summed E-state index contributed by atoms with van der Waals surface area (Å²) in [5, 5.41) is 3.50. The third-order valence-corrected chi connectivity index (χ3v) is 3.40. The van der Waals surface area contributed by atoms with Crippen molar-refractivity contribution in [2.45, 2.75) is 45.7 Å². The Bertz CT molecular complexity index is 289. The van der Waals surface area contributed by atoms with Gasteiger partial charge in [-0.25, -0.2) is 4.98 Å². The van der Waals surface area contributed by atoms with Gasteiger partial charge in [0.1, 0.15) is 0 Å². The molecule has 2 rings (SSSR count). The maximum atomic E-state index is 4.16. The van der Waals surface area contributed by atoms with Crippen LogP contribution in [0.4, 0.5) is 0 Å². The van der Waals surface area contributed by atoms with E-state index in [9.17, 15) is 0 Å². The number of aromatic nitrogens is 2. The summed E-state index contributed by atoms with van der Waals surface area (Å²) in [5.74, 6) is 1.01. The Balaban J connectivity index is 1.64. The first-order valence-corrected chi connectivity index (χ1v) is 6.10. The summed E-state index contributed by atoms with van der Waals surface area (Å²) in [4.78, 5) is 4.16. The van der Waals surface area contributed by atoms with Crippen LogP contribution in [-0.4, -0.2) is 16.1 Å². The van der Waals surface area contributed by atoms with Gasteiger partial charge >= 0.3 is 0 Å². The summed E-state index contributed by atoms with van der Waals surface area (Å²) in [6, 6.07) is 0. The van der Waals surface area contributed by atoms with Crippen LogP contribution < -0.4 is 5.32 Å². The number of hydrogen-bond donors (Lipinski definition) is 1. The first-order valence-electron chi connectivity index (χ1n) is 6.10. The minimum atomic E-state index is 0.959. The second-order valence-corrected chi connectivity index (χ2v) is 4.43. The summed E-state index contributed by atoms with van der Waals surface area (Å²) < 4.78 is 2.19. The van der Waals surface area contributed by atoms with E-state index in [-0.39, 0.29) is 0 Å². The molecule has 0 aliphatic heterocycles. The summed E-state index contributed by atoms with van der Waals surface area (Å²) in [5.41, 5.74) is 1.30. The monoisotopic (exact) mass is 207 g/mol. The van der Waals surface area contributed by atoms with Crippen molar-refractivity contribution in [3.63, 3.8) is 0 Å². The van der Waals surface area contributed by atoms with Crippen molar-refractivity contribution in [3.8, 4) is 0 Å². The predicted molar refractivity (Wildman–Crippen MR) is 61.6 cm³/mol. The average molecular weight is 207 g/mol. The zero-order valence-electron chi connectivity index (χ0n) is 9.58. The second-order valence-electron chi connectivity index (χ2n) is 4.43. The fourth-order valence-corrected chi connectivity index (χ4v) is 2.08. The number of rotatable bonds is 6. The molecular formula is C12H21N3. The van der Waals surface area contributed by atoms with E-state index in [1.54, 1.807) is 0 Å². The number of hydrogen-bond acceptors (Lipinski definition) is 2. The van der Waals surface area contributed by atoms with Crippen molar-refractivity contribution in [2.24, 2.45) is 5.92 Å². The lowest BCUT2D eigenvalue weighted by Crippen LogP contribution is -2.22. The van der Waals surface area contributed by atoms with E-state index < -0.39 is 0 Å². The van der Waals surface area contributed by atoms with Crippen LogP contribution in [0.25, 0.3) is 0 Å². The Hall–Kier alpha value is -0.830. The van der Waals surface area contributed by atoms with Gasteiger partial charge in [-0.3, -0.25) is 0 Å². The van der Waals surface area contributed by atoms with Crippen molar-refractivity contribution in [2.75, 3.05) is 6.54 Å². The molecule has 3 heteroatoms. The molecule has 1 heterocycles. The molecule has 1 saturated carbocycles. The van der Waals surface area contributed by atoms with Gasteiger partial charge in [-0.2, -0.15) is 0 Å². The molecule has 84 valence electrons. The largest absolute Gasteiger partial charge is 0.334 e. The lowest BCUT2D eigenvalue weighted by atomic mass is 9.83. The Kier molecular flexibility index (Phi) is 3.78. The van der Waals surface area contributed by atoms with Crippen molar-refractivity contribution in [1.82, 2.24) is 14.9 Å². The number of nitrogens with one attached hydrogen (secondary N) is 1. The van der Waals surface area contributed by atoms with E-state index in [4.69, 9.17) is 0 Å². The Morgan fingerprint density at radius 1 is 1.53 bits per heavy atom. The molecule has 0 unspecified atom stereocenters. The zero-order valence-corrected chi connectivity index (χ0v) is 9.58. The van der Waals surface area contributed by atoms with Crippen LogP contribution in [0.2, 0.25) is 0 Å². The van der Waals surface area contributed by atoms with E-state index in [0.717, 1.165) is 25.6 Å². The van der Waals surface area contributed by atoms with Crippen molar-refractivity contribution in [1.29, 1.82) is 0 Å². The van der Waals surface area contributed by atoms with E-state index in [1.807, 2.05) is 12.5 Å². The van der Waals surface area contributed by atoms with E-state index >= 15 is 0 Å². The lowest BCUT2D eigenvalue weighted by Gasteiger charge is -2.25. The van der Waals surface area contributed by atoms with Gasteiger partial charge in [-0.1, -0.05) is 19.3 Å². The van der Waals surface area contributed by atoms with Gasteiger partial charge in [0.2, 0.25) is 0 Å². The van der Waals surface area contributed by atoms with Crippen LogP contribution in [0, 0.1) is 5.92 Å². The molecule has 0 saturated heterocycles. The first kappa shape index (κ1) is 10.7. The van der Waals surface area contributed by atoms with Gasteiger partial charge in [0.25, 0.3) is 0 Å². The molecule has 1 aliphatic carbocycles. The topological polar surface area (TPSA) is 29.9 Å². The summed E-state index contributed by atoms with van der Waals surface area (Å²) in [7, 11) is 0. The summed E-state index contributed by atoms with van der Waals surface area (Å²) in [6.45, 7) is 5.28. The van der Waals surface area contributed by atoms with Crippen LogP contribution in [0.1, 0.15) is 38.3 Å². The van der Waals surface area contributed by atoms with Crippen LogP contribution >= 0.6 is 0 Å². The molecule has 1 aromatic heterocycles. The normalized spacial score (nSPS) is 16.6. The molecule has 0 aromatic carbocycles. The minimum Gasteiger partial charge on any atom is -0.334 e. The third-order valence-electron chi connectivity index (χ3n) is 3.40. The molecule has 0 radical (unpaired) electrons. The zero-order chi connectivity index (χ0) is 10.5. The van der Waals surface area contributed by atoms with E-state index in [2.05, 4.69) is 21.8 Å². The molecular weight excluding hydrogens is 186 g/mol. The maximum absolute atomic E-state index is 4.16. The molecule has 15 heavy (non-hydrogen) atoms. The standard InChI is InChI=1S/C12H21N3/c1-2-15-10-14-9-12(15)8-13-7-6-11-4-3-5-11/h9-11,13H,2-8H2,1H3. The number of aryl methyl sites for hydroxylation is 1. The van der Waals surface area contributed by atoms with Gasteiger partial charge in [0.05, 0.1) is 12.0 Å². The van der Waals surface area contributed by atoms with Crippen molar-refractivity contribution in [3.05, 3.63) is 18.2 Å². The third kappa shape index (κ3) is 2.81. The first-order chi connectivity index (χ1) is 7.40. The number of imidazole rings is 1. The fraction of sp³-hybridized carbons (Fsp3) is 0.750. The van der Waals surface area contributed by atoms with Crippen molar-refractivity contribution >= 4 is 0 Å². The van der Waals surface area contributed by atoms with Gasteiger partial charge in [-0.05, 0) is 25.8 Å². The molecule has 3 nitrogen and oxygen atoms in total. The summed E-state index contributed by atoms with van der Waals surface area (Å²) >= 11 is 0. The van der Waals surface area contributed by atoms with Crippen LogP contribution in [0.3, 0.4) is 0 Å². The lowest BCUT2D eigenvalue weighted by molar-refractivity contribution is 0.291. The van der Waals surface area contributed by atoms with Crippen LogP contribution in [-0.2, 0) is 13.1 Å². The molecule has 1 aliphatic rings. The highest BCUT2D eigenvalue weighted by Crippen LogP contribution is 2.28. The molecule has 0 spiro atoms.